The van der Waals surface area contributed by atoms with Crippen molar-refractivity contribution in [3.63, 3.8) is 0 Å². The van der Waals surface area contributed by atoms with Crippen molar-refractivity contribution in [3.8, 4) is 11.5 Å². The van der Waals surface area contributed by atoms with Gasteiger partial charge in [-0.2, -0.15) is 0 Å². The van der Waals surface area contributed by atoms with Crippen LogP contribution in [0, 0.1) is 6.92 Å². The third kappa shape index (κ3) is 4.16. The summed E-state index contributed by atoms with van der Waals surface area (Å²) in [5, 5.41) is 3.49. The Kier molecular flexibility index (Phi) is 4.81. The Morgan fingerprint density at radius 1 is 1.14 bits per heavy atom. The molecule has 0 unspecified atom stereocenters. The average Bonchev–Trinajstić information content (AvgIpc) is 2.43. The monoisotopic (exact) mass is 325 g/mol. The summed E-state index contributed by atoms with van der Waals surface area (Å²) < 4.78 is 23.4. The lowest BCUT2D eigenvalue weighted by atomic mass is 10.2. The second-order valence-electron chi connectivity index (χ2n) is 4.66. The smallest absolute Gasteiger partial charge is 0.338 e. The van der Waals surface area contributed by atoms with Crippen LogP contribution in [0.15, 0.2) is 42.5 Å². The molecule has 0 fully saturated rings. The van der Waals surface area contributed by atoms with E-state index in [1.165, 1.54) is 13.8 Å². The Balaban J connectivity index is 2.22. The zero-order chi connectivity index (χ0) is 15.5. The molecule has 0 saturated carbocycles. The first-order valence-corrected chi connectivity index (χ1v) is 8.81. The molecule has 1 atom stereocenters. The Labute approximate surface area is 129 Å². The fraction of sp³-hybridized carbons (Fsp3) is 0.200. The van der Waals surface area contributed by atoms with Crippen LogP contribution in [0.4, 0.5) is 5.69 Å². The summed E-state index contributed by atoms with van der Waals surface area (Å²) >= 11 is 5.96. The van der Waals surface area contributed by atoms with Crippen molar-refractivity contribution in [2.45, 2.75) is 6.92 Å². The molecule has 6 heteroatoms. The van der Waals surface area contributed by atoms with Crippen molar-refractivity contribution in [2.75, 3.05) is 18.9 Å². The molecule has 112 valence electrons. The molecule has 0 radical (unpaired) electrons. The lowest BCUT2D eigenvalue weighted by Crippen LogP contribution is -2.04. The minimum atomic E-state index is -3.11. The molecule has 2 rings (SSSR count). The van der Waals surface area contributed by atoms with Gasteiger partial charge in [-0.05, 0) is 36.8 Å². The number of hydrogen-bond acceptors (Lipinski definition) is 3. The summed E-state index contributed by atoms with van der Waals surface area (Å²) in [4.78, 5) is 0. The summed E-state index contributed by atoms with van der Waals surface area (Å²) in [7, 11) is -1.57. The molecule has 2 aromatic rings. The van der Waals surface area contributed by atoms with Crippen LogP contribution in [0.5, 0.6) is 11.5 Å². The number of hydrogen-bond donors (Lipinski definition) is 1. The highest BCUT2D eigenvalue weighted by Gasteiger charge is 2.20. The van der Waals surface area contributed by atoms with Crippen molar-refractivity contribution >= 4 is 24.8 Å². The highest BCUT2D eigenvalue weighted by molar-refractivity contribution is 7.60. The number of methoxy groups -OCH3 is 1. The molecule has 21 heavy (non-hydrogen) atoms. The van der Waals surface area contributed by atoms with Crippen LogP contribution in [-0.4, -0.2) is 13.8 Å². The molecular formula is C15H17ClNO3P. The van der Waals surface area contributed by atoms with Crippen LogP contribution in [0.3, 0.4) is 0 Å². The topological polar surface area (TPSA) is 47.6 Å². The van der Waals surface area contributed by atoms with Gasteiger partial charge >= 0.3 is 7.52 Å². The molecule has 0 amide bonds. The second-order valence-corrected chi connectivity index (χ2v) is 7.19. The summed E-state index contributed by atoms with van der Waals surface area (Å²) in [6.07, 6.45) is 0. The van der Waals surface area contributed by atoms with Crippen LogP contribution in [0.2, 0.25) is 5.02 Å². The summed E-state index contributed by atoms with van der Waals surface area (Å²) in [6, 6.07) is 12.4. The Morgan fingerprint density at radius 2 is 1.81 bits per heavy atom. The van der Waals surface area contributed by atoms with E-state index in [-0.39, 0.29) is 0 Å². The number of para-hydroxylation sites is 2. The van der Waals surface area contributed by atoms with Gasteiger partial charge in [0.2, 0.25) is 0 Å². The summed E-state index contributed by atoms with van der Waals surface area (Å²) in [6.45, 7) is 3.42. The van der Waals surface area contributed by atoms with Crippen molar-refractivity contribution < 1.29 is 13.8 Å². The Bertz CT molecular complexity index is 690. The minimum absolute atomic E-state index is 0.429. The molecule has 0 aliphatic heterocycles. The third-order valence-electron chi connectivity index (χ3n) is 2.86. The van der Waals surface area contributed by atoms with Gasteiger partial charge in [-0.1, -0.05) is 29.8 Å². The van der Waals surface area contributed by atoms with E-state index in [0.717, 1.165) is 5.56 Å². The van der Waals surface area contributed by atoms with Gasteiger partial charge in [-0.3, -0.25) is 4.57 Å². The van der Waals surface area contributed by atoms with Crippen molar-refractivity contribution in [3.05, 3.63) is 53.1 Å². The van der Waals surface area contributed by atoms with E-state index in [1.807, 2.05) is 19.1 Å². The Hall–Kier alpha value is -1.64. The molecule has 0 aliphatic carbocycles. The molecule has 0 spiro atoms. The molecule has 0 saturated heterocycles. The van der Waals surface area contributed by atoms with E-state index in [2.05, 4.69) is 5.09 Å². The van der Waals surface area contributed by atoms with Gasteiger partial charge in [-0.25, -0.2) is 0 Å². The number of rotatable bonds is 5. The lowest BCUT2D eigenvalue weighted by Gasteiger charge is -2.20. The molecular weight excluding hydrogens is 309 g/mol. The minimum Gasteiger partial charge on any atom is -0.493 e. The fourth-order valence-electron chi connectivity index (χ4n) is 1.84. The van der Waals surface area contributed by atoms with Gasteiger partial charge in [0.15, 0.2) is 11.5 Å². The van der Waals surface area contributed by atoms with Gasteiger partial charge < -0.3 is 14.3 Å². The lowest BCUT2D eigenvalue weighted by molar-refractivity contribution is 0.391. The number of anilines is 1. The quantitative estimate of drug-likeness (QED) is 0.788. The van der Waals surface area contributed by atoms with Crippen LogP contribution in [0.1, 0.15) is 5.56 Å². The van der Waals surface area contributed by atoms with E-state index in [9.17, 15) is 4.57 Å². The van der Waals surface area contributed by atoms with Gasteiger partial charge in [0.25, 0.3) is 0 Å². The number of benzene rings is 2. The standard InChI is InChI=1S/C15H17ClNO3P/c1-11-8-9-12(16)10-13(11)17-21(3,18)20-15-7-5-4-6-14(15)19-2/h4-10H,1-3H3,(H,17,18)/t21-/m0/s1. The molecule has 2 aromatic carbocycles. The average molecular weight is 326 g/mol. The van der Waals surface area contributed by atoms with E-state index in [1.54, 1.807) is 30.3 Å². The van der Waals surface area contributed by atoms with Gasteiger partial charge in [0, 0.05) is 17.4 Å². The Morgan fingerprint density at radius 3 is 2.48 bits per heavy atom. The highest BCUT2D eigenvalue weighted by Crippen LogP contribution is 2.46. The van der Waals surface area contributed by atoms with Crippen LogP contribution < -0.4 is 14.3 Å². The molecule has 0 aromatic heterocycles. The summed E-state index contributed by atoms with van der Waals surface area (Å²) in [5.74, 6) is 0.960. The van der Waals surface area contributed by atoms with Gasteiger partial charge in [0.05, 0.1) is 7.11 Å². The molecule has 4 nitrogen and oxygen atoms in total. The SMILES string of the molecule is COc1ccccc1O[P@](C)(=O)Nc1cc(Cl)ccc1C. The number of nitrogens with one attached hydrogen (secondary N) is 1. The first kappa shape index (κ1) is 15.7. The fourth-order valence-corrected chi connectivity index (χ4v) is 3.26. The normalized spacial score (nSPS) is 13.3. The van der Waals surface area contributed by atoms with Gasteiger partial charge in [0.1, 0.15) is 0 Å². The van der Waals surface area contributed by atoms with E-state index in [0.29, 0.717) is 22.2 Å². The second kappa shape index (κ2) is 6.42. The highest BCUT2D eigenvalue weighted by atomic mass is 35.5. The van der Waals surface area contributed by atoms with Crippen molar-refractivity contribution in [2.24, 2.45) is 0 Å². The molecule has 0 aliphatic rings. The van der Waals surface area contributed by atoms with Crippen LogP contribution in [-0.2, 0) is 4.57 Å². The van der Waals surface area contributed by atoms with E-state index < -0.39 is 7.52 Å². The third-order valence-corrected chi connectivity index (χ3v) is 4.29. The first-order chi connectivity index (χ1) is 9.91. The zero-order valence-electron chi connectivity index (χ0n) is 12.1. The predicted octanol–water partition coefficient (Wildman–Crippen LogP) is 4.97. The largest absolute Gasteiger partial charge is 0.493 e. The van der Waals surface area contributed by atoms with Crippen LogP contribution >= 0.6 is 19.1 Å². The first-order valence-electron chi connectivity index (χ1n) is 6.36. The number of aryl methyl sites for hydroxylation is 1. The maximum Gasteiger partial charge on any atom is 0.338 e. The maximum absolute atomic E-state index is 12.7. The number of ether oxygens (including phenoxy) is 1. The van der Waals surface area contributed by atoms with Crippen molar-refractivity contribution in [1.29, 1.82) is 0 Å². The van der Waals surface area contributed by atoms with Crippen LogP contribution in [0.25, 0.3) is 0 Å². The predicted molar refractivity (Wildman–Crippen MR) is 87.0 cm³/mol. The maximum atomic E-state index is 12.7. The molecule has 1 N–H and O–H groups in total. The number of halogens is 1. The van der Waals surface area contributed by atoms with E-state index >= 15 is 0 Å². The summed E-state index contributed by atoms with van der Waals surface area (Å²) in [5.41, 5.74) is 1.62. The van der Waals surface area contributed by atoms with Crippen molar-refractivity contribution in [1.82, 2.24) is 0 Å². The molecule has 0 heterocycles. The zero-order valence-corrected chi connectivity index (χ0v) is 13.7. The molecule has 0 bridgehead atoms. The van der Waals surface area contributed by atoms with Gasteiger partial charge in [-0.15, -0.1) is 0 Å². The van der Waals surface area contributed by atoms with E-state index in [4.69, 9.17) is 20.9 Å².